The van der Waals surface area contributed by atoms with Crippen LogP contribution in [0.15, 0.2) is 42.5 Å². The number of aryl methyl sites for hydroxylation is 1. The van der Waals surface area contributed by atoms with Crippen LogP contribution in [0.5, 0.6) is 11.5 Å². The molecule has 6 nitrogen and oxygen atoms in total. The van der Waals surface area contributed by atoms with Gasteiger partial charge in [-0.3, -0.25) is 4.79 Å². The van der Waals surface area contributed by atoms with Crippen LogP contribution in [-0.2, 0) is 4.79 Å². The Labute approximate surface area is 167 Å². The number of amides is 1. The minimum Gasteiger partial charge on any atom is -0.493 e. The Bertz CT molecular complexity index is 801. The number of nitrogens with one attached hydrogen (secondary N) is 1. The summed E-state index contributed by atoms with van der Waals surface area (Å²) in [7, 11) is 1.58. The van der Waals surface area contributed by atoms with Crippen LogP contribution in [0.1, 0.15) is 12.5 Å². The fourth-order valence-corrected chi connectivity index (χ4v) is 3.37. The molecule has 0 aromatic heterocycles. The van der Waals surface area contributed by atoms with Gasteiger partial charge in [0, 0.05) is 37.6 Å². The molecule has 1 fully saturated rings. The zero-order valence-corrected chi connectivity index (χ0v) is 16.9. The van der Waals surface area contributed by atoms with E-state index in [1.807, 2.05) is 25.1 Å². The molecule has 1 aliphatic rings. The maximum absolute atomic E-state index is 12.3. The zero-order chi connectivity index (χ0) is 19.9. The summed E-state index contributed by atoms with van der Waals surface area (Å²) in [6.07, 6.45) is 0. The van der Waals surface area contributed by atoms with Crippen molar-refractivity contribution in [3.63, 3.8) is 0 Å². The molecule has 0 radical (unpaired) electrons. The summed E-state index contributed by atoms with van der Waals surface area (Å²) in [5.74, 6) is 0.968. The van der Waals surface area contributed by atoms with Crippen LogP contribution in [0.3, 0.4) is 0 Å². The smallest absolute Gasteiger partial charge is 0.262 e. The van der Waals surface area contributed by atoms with Crippen molar-refractivity contribution in [2.45, 2.75) is 13.8 Å². The second kappa shape index (κ2) is 9.46. The molecular formula is C22H29N3O3. The molecule has 1 N–H and O–H groups in total. The number of carbonyl (C=O) groups excluding carboxylic acids is 1. The highest BCUT2D eigenvalue weighted by molar-refractivity contribution is 5.93. The van der Waals surface area contributed by atoms with Gasteiger partial charge in [0.05, 0.1) is 7.11 Å². The first-order valence-electron chi connectivity index (χ1n) is 9.74. The maximum Gasteiger partial charge on any atom is 0.262 e. The van der Waals surface area contributed by atoms with Gasteiger partial charge in [0.15, 0.2) is 18.1 Å². The lowest BCUT2D eigenvalue weighted by molar-refractivity contribution is -0.118. The first-order chi connectivity index (χ1) is 13.6. The second-order valence-electron chi connectivity index (χ2n) is 6.91. The van der Waals surface area contributed by atoms with Crippen LogP contribution in [0.2, 0.25) is 0 Å². The summed E-state index contributed by atoms with van der Waals surface area (Å²) < 4.78 is 10.8. The van der Waals surface area contributed by atoms with Gasteiger partial charge in [-0.05, 0) is 49.4 Å². The number of para-hydroxylation sites is 2. The number of ether oxygens (including phenoxy) is 2. The molecule has 0 saturated carbocycles. The number of methoxy groups -OCH3 is 1. The van der Waals surface area contributed by atoms with Crippen molar-refractivity contribution >= 4 is 17.3 Å². The molecule has 2 aromatic rings. The van der Waals surface area contributed by atoms with E-state index in [1.54, 1.807) is 19.2 Å². The molecule has 0 aliphatic carbocycles. The Morgan fingerprint density at radius 3 is 2.43 bits per heavy atom. The molecule has 2 aromatic carbocycles. The molecule has 0 bridgehead atoms. The van der Waals surface area contributed by atoms with E-state index in [1.165, 1.54) is 5.69 Å². The number of hydrogen-bond donors (Lipinski definition) is 1. The van der Waals surface area contributed by atoms with E-state index in [9.17, 15) is 4.79 Å². The number of anilines is 2. The third kappa shape index (κ3) is 4.95. The monoisotopic (exact) mass is 383 g/mol. The molecule has 1 heterocycles. The molecule has 6 heteroatoms. The van der Waals surface area contributed by atoms with E-state index >= 15 is 0 Å². The second-order valence-corrected chi connectivity index (χ2v) is 6.91. The minimum atomic E-state index is -0.196. The third-order valence-corrected chi connectivity index (χ3v) is 5.10. The number of likely N-dealkylation sites (N-methyl/N-ethyl adjacent to an activating group) is 1. The van der Waals surface area contributed by atoms with Crippen molar-refractivity contribution in [1.82, 2.24) is 4.90 Å². The largest absolute Gasteiger partial charge is 0.493 e. The van der Waals surface area contributed by atoms with Crippen LogP contribution in [0, 0.1) is 6.92 Å². The summed E-state index contributed by atoms with van der Waals surface area (Å²) in [6.45, 7) is 9.51. The zero-order valence-electron chi connectivity index (χ0n) is 16.9. The highest BCUT2D eigenvalue weighted by Gasteiger charge is 2.16. The van der Waals surface area contributed by atoms with Gasteiger partial charge in [0.25, 0.3) is 5.91 Å². The van der Waals surface area contributed by atoms with Crippen molar-refractivity contribution in [3.05, 3.63) is 48.0 Å². The number of hydrogen-bond acceptors (Lipinski definition) is 5. The predicted octanol–water partition coefficient (Wildman–Crippen LogP) is 3.16. The Morgan fingerprint density at radius 1 is 1.07 bits per heavy atom. The topological polar surface area (TPSA) is 54.0 Å². The Hall–Kier alpha value is -2.73. The molecule has 28 heavy (non-hydrogen) atoms. The minimum absolute atomic E-state index is 0.0689. The van der Waals surface area contributed by atoms with E-state index in [0.717, 1.165) is 44.0 Å². The highest BCUT2D eigenvalue weighted by Crippen LogP contribution is 2.26. The van der Waals surface area contributed by atoms with Gasteiger partial charge in [0.2, 0.25) is 0 Å². The van der Waals surface area contributed by atoms with Gasteiger partial charge in [-0.15, -0.1) is 0 Å². The number of nitrogens with zero attached hydrogens (tertiary/aromatic N) is 2. The Balaban J connectivity index is 1.56. The van der Waals surface area contributed by atoms with Crippen molar-refractivity contribution in [2.75, 3.05) is 56.7 Å². The summed E-state index contributed by atoms with van der Waals surface area (Å²) >= 11 is 0. The normalized spacial score (nSPS) is 14.6. The summed E-state index contributed by atoms with van der Waals surface area (Å²) in [6, 6.07) is 13.5. The van der Waals surface area contributed by atoms with Crippen molar-refractivity contribution in [1.29, 1.82) is 0 Å². The van der Waals surface area contributed by atoms with Crippen molar-refractivity contribution < 1.29 is 14.3 Å². The van der Waals surface area contributed by atoms with E-state index < -0.39 is 0 Å². The Kier molecular flexibility index (Phi) is 6.76. The van der Waals surface area contributed by atoms with Gasteiger partial charge in [-0.2, -0.15) is 0 Å². The number of benzene rings is 2. The van der Waals surface area contributed by atoms with Gasteiger partial charge >= 0.3 is 0 Å². The lowest BCUT2D eigenvalue weighted by Crippen LogP contribution is -2.46. The van der Waals surface area contributed by atoms with Crippen LogP contribution < -0.4 is 19.7 Å². The standard InChI is InChI=1S/C22H29N3O3/c1-4-24-11-13-25(14-12-24)18-9-10-19(17(2)15-18)23-22(26)16-28-21-8-6-5-7-20(21)27-3/h5-10,15H,4,11-14,16H2,1-3H3,(H,23,26). The van der Waals surface area contributed by atoms with Gasteiger partial charge < -0.3 is 24.6 Å². The van der Waals surface area contributed by atoms with Gasteiger partial charge in [-0.1, -0.05) is 19.1 Å². The van der Waals surface area contributed by atoms with Gasteiger partial charge in [0.1, 0.15) is 0 Å². The van der Waals surface area contributed by atoms with E-state index in [4.69, 9.17) is 9.47 Å². The van der Waals surface area contributed by atoms with Gasteiger partial charge in [-0.25, -0.2) is 0 Å². The molecule has 0 unspecified atom stereocenters. The summed E-state index contributed by atoms with van der Waals surface area (Å²) in [5.41, 5.74) is 3.06. The lowest BCUT2D eigenvalue weighted by atomic mass is 10.1. The quantitative estimate of drug-likeness (QED) is 0.796. The van der Waals surface area contributed by atoms with E-state index in [0.29, 0.717) is 11.5 Å². The van der Waals surface area contributed by atoms with Crippen LogP contribution in [0.4, 0.5) is 11.4 Å². The molecule has 0 atom stereocenters. The highest BCUT2D eigenvalue weighted by atomic mass is 16.5. The molecular weight excluding hydrogens is 354 g/mol. The molecule has 0 spiro atoms. The number of carbonyl (C=O) groups is 1. The molecule has 3 rings (SSSR count). The van der Waals surface area contributed by atoms with Crippen molar-refractivity contribution in [3.8, 4) is 11.5 Å². The fourth-order valence-electron chi connectivity index (χ4n) is 3.37. The first-order valence-corrected chi connectivity index (χ1v) is 9.74. The predicted molar refractivity (Wildman–Crippen MR) is 113 cm³/mol. The molecule has 1 aliphatic heterocycles. The molecule has 1 saturated heterocycles. The van der Waals surface area contributed by atoms with E-state index in [-0.39, 0.29) is 12.5 Å². The SMILES string of the molecule is CCN1CCN(c2ccc(NC(=O)COc3ccccc3OC)c(C)c2)CC1. The molecule has 1 amide bonds. The average Bonchev–Trinajstić information content (AvgIpc) is 2.74. The average molecular weight is 383 g/mol. The number of piperazine rings is 1. The lowest BCUT2D eigenvalue weighted by Gasteiger charge is -2.35. The van der Waals surface area contributed by atoms with Crippen molar-refractivity contribution in [2.24, 2.45) is 0 Å². The van der Waals surface area contributed by atoms with E-state index in [2.05, 4.69) is 34.2 Å². The Morgan fingerprint density at radius 2 is 1.79 bits per heavy atom. The first kappa shape index (κ1) is 20.0. The van der Waals surface area contributed by atoms with Crippen LogP contribution in [0.25, 0.3) is 0 Å². The summed E-state index contributed by atoms with van der Waals surface area (Å²) in [5, 5.41) is 2.93. The maximum atomic E-state index is 12.3. The number of rotatable bonds is 7. The fraction of sp³-hybridized carbons (Fsp3) is 0.409. The van der Waals surface area contributed by atoms with Crippen LogP contribution >= 0.6 is 0 Å². The summed E-state index contributed by atoms with van der Waals surface area (Å²) in [4.78, 5) is 17.2. The van der Waals surface area contributed by atoms with Crippen LogP contribution in [-0.4, -0.2) is 57.2 Å². The third-order valence-electron chi connectivity index (χ3n) is 5.10. The molecule has 150 valence electrons.